The van der Waals surface area contributed by atoms with Crippen molar-refractivity contribution < 1.29 is 0 Å². The number of piperidine rings is 1. The lowest BCUT2D eigenvalue weighted by Crippen LogP contribution is -2.20. The third-order valence-corrected chi connectivity index (χ3v) is 2.75. The van der Waals surface area contributed by atoms with Crippen molar-refractivity contribution in [3.63, 3.8) is 0 Å². The van der Waals surface area contributed by atoms with Crippen LogP contribution in [0.5, 0.6) is 0 Å². The van der Waals surface area contributed by atoms with E-state index in [1.807, 2.05) is 13.8 Å². The summed E-state index contributed by atoms with van der Waals surface area (Å²) >= 11 is 0. The van der Waals surface area contributed by atoms with Gasteiger partial charge < -0.3 is 0 Å². The zero-order valence-corrected chi connectivity index (χ0v) is 8.48. The van der Waals surface area contributed by atoms with Crippen LogP contribution < -0.4 is 0 Å². The molecule has 0 radical (unpaired) electrons. The lowest BCUT2D eigenvalue weighted by atomic mass is 10.2. The molecule has 0 aromatic rings. The maximum Gasteiger partial charge on any atom is 0.00185 e. The van der Waals surface area contributed by atoms with Gasteiger partial charge in [0.05, 0.1) is 0 Å². The molecule has 0 aromatic carbocycles. The van der Waals surface area contributed by atoms with Crippen molar-refractivity contribution in [1.82, 2.24) is 4.67 Å². The van der Waals surface area contributed by atoms with E-state index in [9.17, 15) is 0 Å². The van der Waals surface area contributed by atoms with Crippen LogP contribution in [0.1, 0.15) is 33.1 Å². The van der Waals surface area contributed by atoms with E-state index in [0.717, 1.165) is 8.73 Å². The predicted octanol–water partition coefficient (Wildman–Crippen LogP) is 2.72. The average Bonchev–Trinajstić information content (AvgIpc) is 2.10. The highest BCUT2D eigenvalue weighted by Gasteiger charge is 2.05. The fourth-order valence-corrected chi connectivity index (χ4v) is 1.88. The summed E-state index contributed by atoms with van der Waals surface area (Å²) in [5.74, 6) is 0. The van der Waals surface area contributed by atoms with E-state index in [2.05, 4.69) is 11.3 Å². The molecule has 0 N–H and O–H groups in total. The molecular formula is C8H20NP. The normalized spacial score (nSPS) is 20.7. The van der Waals surface area contributed by atoms with Crippen molar-refractivity contribution in [2.75, 3.05) is 19.8 Å². The lowest BCUT2D eigenvalue weighted by Gasteiger charge is -2.23. The molecule has 0 saturated carbocycles. The van der Waals surface area contributed by atoms with Crippen molar-refractivity contribution in [3.8, 4) is 0 Å². The van der Waals surface area contributed by atoms with E-state index in [-0.39, 0.29) is 0 Å². The van der Waals surface area contributed by atoms with Gasteiger partial charge >= 0.3 is 0 Å². The summed E-state index contributed by atoms with van der Waals surface area (Å²) in [4.78, 5) is 0. The first-order valence-corrected chi connectivity index (χ1v) is 5.80. The van der Waals surface area contributed by atoms with Gasteiger partial charge in [-0.15, -0.1) is 0 Å². The standard InChI is InChI=1S/C6H14NP.C2H6/c1-8-7-5-3-2-4-6-7;1-2/h8H,2-6H2,1H3;1-2H3. The van der Waals surface area contributed by atoms with Gasteiger partial charge in [-0.25, -0.2) is 0 Å². The van der Waals surface area contributed by atoms with Crippen molar-refractivity contribution >= 4 is 8.73 Å². The SMILES string of the molecule is CC.CPN1CCCCC1. The van der Waals surface area contributed by atoms with Gasteiger partial charge in [0.25, 0.3) is 0 Å². The number of rotatable bonds is 1. The highest BCUT2D eigenvalue weighted by Crippen LogP contribution is 2.19. The van der Waals surface area contributed by atoms with Gasteiger partial charge in [-0.2, -0.15) is 0 Å². The van der Waals surface area contributed by atoms with Crippen LogP contribution in [0, 0.1) is 0 Å². The Morgan fingerprint density at radius 3 is 1.80 bits per heavy atom. The highest BCUT2D eigenvalue weighted by atomic mass is 31.1. The molecule has 1 aliphatic heterocycles. The van der Waals surface area contributed by atoms with Gasteiger partial charge in [0.2, 0.25) is 0 Å². The minimum absolute atomic E-state index is 1.04. The van der Waals surface area contributed by atoms with Crippen molar-refractivity contribution in [2.45, 2.75) is 33.1 Å². The summed E-state index contributed by atoms with van der Waals surface area (Å²) < 4.78 is 2.55. The van der Waals surface area contributed by atoms with Crippen LogP contribution in [0.2, 0.25) is 0 Å². The molecule has 0 aliphatic carbocycles. The molecule has 0 aromatic heterocycles. The third kappa shape index (κ3) is 4.24. The molecule has 1 saturated heterocycles. The fraction of sp³-hybridized carbons (Fsp3) is 1.00. The van der Waals surface area contributed by atoms with E-state index >= 15 is 0 Å². The number of hydrogen-bond acceptors (Lipinski definition) is 1. The van der Waals surface area contributed by atoms with Crippen LogP contribution >= 0.6 is 8.73 Å². The van der Waals surface area contributed by atoms with Gasteiger partial charge in [0.1, 0.15) is 0 Å². The first kappa shape index (κ1) is 10.4. The van der Waals surface area contributed by atoms with Gasteiger partial charge in [0, 0.05) is 13.1 Å². The summed E-state index contributed by atoms with van der Waals surface area (Å²) in [6, 6.07) is 0. The van der Waals surface area contributed by atoms with Crippen molar-refractivity contribution in [1.29, 1.82) is 0 Å². The first-order valence-electron chi connectivity index (χ1n) is 4.36. The second-order valence-electron chi connectivity index (χ2n) is 2.27. The van der Waals surface area contributed by atoms with E-state index in [1.54, 1.807) is 0 Å². The van der Waals surface area contributed by atoms with Crippen LogP contribution in [0.4, 0.5) is 0 Å². The Morgan fingerprint density at radius 2 is 1.50 bits per heavy atom. The molecule has 0 bridgehead atoms. The zero-order chi connectivity index (χ0) is 7.82. The van der Waals surface area contributed by atoms with Crippen LogP contribution in [-0.2, 0) is 0 Å². The third-order valence-electron chi connectivity index (χ3n) is 1.67. The quantitative estimate of drug-likeness (QED) is 0.534. The molecule has 1 atom stereocenters. The second kappa shape index (κ2) is 7.50. The minimum Gasteiger partial charge on any atom is -0.285 e. The summed E-state index contributed by atoms with van der Waals surface area (Å²) in [5.41, 5.74) is 0. The number of nitrogens with zero attached hydrogens (tertiary/aromatic N) is 1. The summed E-state index contributed by atoms with van der Waals surface area (Å²) in [6.07, 6.45) is 4.32. The molecule has 1 fully saturated rings. The Balaban J connectivity index is 0.000000371. The van der Waals surface area contributed by atoms with Crippen molar-refractivity contribution in [3.05, 3.63) is 0 Å². The van der Waals surface area contributed by atoms with E-state index in [1.165, 1.54) is 32.4 Å². The molecular weight excluding hydrogens is 141 g/mol. The Kier molecular flexibility index (Phi) is 7.79. The molecule has 0 spiro atoms. The smallest absolute Gasteiger partial charge is 0.00185 e. The average molecular weight is 161 g/mol. The topological polar surface area (TPSA) is 3.24 Å². The fourth-order valence-electron chi connectivity index (χ4n) is 1.12. The predicted molar refractivity (Wildman–Crippen MR) is 51.0 cm³/mol. The molecule has 62 valence electrons. The highest BCUT2D eigenvalue weighted by molar-refractivity contribution is 7.34. The molecule has 2 heteroatoms. The largest absolute Gasteiger partial charge is 0.285 e. The molecule has 1 nitrogen and oxygen atoms in total. The Bertz CT molecular complexity index is 60.3. The van der Waals surface area contributed by atoms with E-state index in [0.29, 0.717) is 0 Å². The van der Waals surface area contributed by atoms with Gasteiger partial charge in [0.15, 0.2) is 0 Å². The Hall–Kier alpha value is 0.390. The lowest BCUT2D eigenvalue weighted by molar-refractivity contribution is 0.376. The Morgan fingerprint density at radius 1 is 1.00 bits per heavy atom. The molecule has 1 unspecified atom stereocenters. The molecule has 10 heavy (non-hydrogen) atoms. The van der Waals surface area contributed by atoms with Gasteiger partial charge in [-0.05, 0) is 19.5 Å². The number of hydrogen-bond donors (Lipinski definition) is 0. The monoisotopic (exact) mass is 161 g/mol. The van der Waals surface area contributed by atoms with Gasteiger partial charge in [-0.1, -0.05) is 29.0 Å². The summed E-state index contributed by atoms with van der Waals surface area (Å²) in [6.45, 7) is 8.98. The molecule has 0 amide bonds. The second-order valence-corrected chi connectivity index (χ2v) is 3.35. The van der Waals surface area contributed by atoms with Crippen LogP contribution in [0.25, 0.3) is 0 Å². The maximum atomic E-state index is 2.55. The van der Waals surface area contributed by atoms with Crippen LogP contribution in [0.3, 0.4) is 0 Å². The maximum absolute atomic E-state index is 2.55. The first-order chi connectivity index (χ1) is 4.93. The molecule has 1 rings (SSSR count). The zero-order valence-electron chi connectivity index (χ0n) is 7.48. The summed E-state index contributed by atoms with van der Waals surface area (Å²) in [7, 11) is 1.04. The van der Waals surface area contributed by atoms with Crippen LogP contribution in [-0.4, -0.2) is 24.4 Å². The molecule has 1 aliphatic rings. The summed E-state index contributed by atoms with van der Waals surface area (Å²) in [5, 5.41) is 0. The Labute approximate surface area is 67.0 Å². The van der Waals surface area contributed by atoms with Gasteiger partial charge in [-0.3, -0.25) is 4.67 Å². The van der Waals surface area contributed by atoms with Crippen LogP contribution in [0.15, 0.2) is 0 Å². The minimum atomic E-state index is 1.04. The molecule has 1 heterocycles. The van der Waals surface area contributed by atoms with Crippen molar-refractivity contribution in [2.24, 2.45) is 0 Å². The van der Waals surface area contributed by atoms with E-state index in [4.69, 9.17) is 0 Å². The van der Waals surface area contributed by atoms with E-state index < -0.39 is 0 Å².